The summed E-state index contributed by atoms with van der Waals surface area (Å²) < 4.78 is 5.09. The summed E-state index contributed by atoms with van der Waals surface area (Å²) in [5.41, 5.74) is 6.54. The van der Waals surface area contributed by atoms with Crippen LogP contribution in [0.25, 0.3) is 0 Å². The molecule has 3 N–H and O–H groups in total. The molecule has 0 radical (unpaired) electrons. The minimum absolute atomic E-state index is 0. The van der Waals surface area contributed by atoms with E-state index in [1.807, 2.05) is 31.2 Å². The van der Waals surface area contributed by atoms with Gasteiger partial charge in [-0.25, -0.2) is 0 Å². The summed E-state index contributed by atoms with van der Waals surface area (Å²) in [4.78, 5) is 11.4. The SMILES string of the molecule is COc1cccc(CNC(=O)CC(C)N)c1.Cl. The Kier molecular flexibility index (Phi) is 7.34. The Bertz CT molecular complexity index is 356. The van der Waals surface area contributed by atoms with Gasteiger partial charge in [0, 0.05) is 19.0 Å². The smallest absolute Gasteiger partial charge is 0.221 e. The highest BCUT2D eigenvalue weighted by Crippen LogP contribution is 2.12. The van der Waals surface area contributed by atoms with E-state index in [1.54, 1.807) is 7.11 Å². The molecule has 1 aromatic carbocycles. The van der Waals surface area contributed by atoms with Gasteiger partial charge < -0.3 is 15.8 Å². The first kappa shape index (κ1) is 15.7. The van der Waals surface area contributed by atoms with Crippen molar-refractivity contribution < 1.29 is 9.53 Å². The molecular weight excluding hydrogens is 240 g/mol. The van der Waals surface area contributed by atoms with Gasteiger partial charge in [-0.3, -0.25) is 4.79 Å². The summed E-state index contributed by atoms with van der Waals surface area (Å²) in [6.45, 7) is 2.31. The van der Waals surface area contributed by atoms with Gasteiger partial charge in [0.05, 0.1) is 7.11 Å². The first-order valence-electron chi connectivity index (χ1n) is 5.27. The Labute approximate surface area is 108 Å². The van der Waals surface area contributed by atoms with Gasteiger partial charge in [0.15, 0.2) is 0 Å². The van der Waals surface area contributed by atoms with Crippen molar-refractivity contribution >= 4 is 18.3 Å². The van der Waals surface area contributed by atoms with Gasteiger partial charge in [0.1, 0.15) is 5.75 Å². The molecule has 1 aromatic rings. The lowest BCUT2D eigenvalue weighted by Gasteiger charge is -2.08. The van der Waals surface area contributed by atoms with E-state index in [2.05, 4.69) is 5.32 Å². The summed E-state index contributed by atoms with van der Waals surface area (Å²) in [5.74, 6) is 0.761. The Morgan fingerprint density at radius 1 is 1.53 bits per heavy atom. The molecule has 96 valence electrons. The van der Waals surface area contributed by atoms with E-state index in [0.717, 1.165) is 11.3 Å². The highest BCUT2D eigenvalue weighted by Gasteiger charge is 2.04. The zero-order valence-corrected chi connectivity index (χ0v) is 10.9. The van der Waals surface area contributed by atoms with Gasteiger partial charge in [-0.05, 0) is 24.6 Å². The first-order valence-corrected chi connectivity index (χ1v) is 5.27. The van der Waals surface area contributed by atoms with E-state index in [9.17, 15) is 4.79 Å². The zero-order chi connectivity index (χ0) is 12.0. The van der Waals surface area contributed by atoms with Crippen molar-refractivity contribution in [1.29, 1.82) is 0 Å². The van der Waals surface area contributed by atoms with Crippen LogP contribution in [0.1, 0.15) is 18.9 Å². The molecule has 0 bridgehead atoms. The summed E-state index contributed by atoms with van der Waals surface area (Å²) in [5, 5.41) is 2.81. The Morgan fingerprint density at radius 2 is 2.24 bits per heavy atom. The van der Waals surface area contributed by atoms with Crippen molar-refractivity contribution in [3.63, 3.8) is 0 Å². The Hall–Kier alpha value is -1.26. The van der Waals surface area contributed by atoms with Crippen LogP contribution in [-0.2, 0) is 11.3 Å². The maximum absolute atomic E-state index is 11.4. The third kappa shape index (κ3) is 6.14. The molecule has 0 saturated carbocycles. The molecule has 17 heavy (non-hydrogen) atoms. The quantitative estimate of drug-likeness (QED) is 0.841. The van der Waals surface area contributed by atoms with Gasteiger partial charge in [0.25, 0.3) is 0 Å². The number of hydrogen-bond donors (Lipinski definition) is 2. The lowest BCUT2D eigenvalue weighted by atomic mass is 10.2. The van der Waals surface area contributed by atoms with Crippen molar-refractivity contribution in [3.05, 3.63) is 29.8 Å². The van der Waals surface area contributed by atoms with E-state index in [0.29, 0.717) is 13.0 Å². The number of carbonyl (C=O) groups excluding carboxylic acids is 1. The monoisotopic (exact) mass is 258 g/mol. The molecular formula is C12H19ClN2O2. The van der Waals surface area contributed by atoms with E-state index >= 15 is 0 Å². The molecule has 0 fully saturated rings. The Morgan fingerprint density at radius 3 is 2.82 bits per heavy atom. The number of carbonyl (C=O) groups is 1. The average Bonchev–Trinajstić information content (AvgIpc) is 2.26. The molecule has 0 heterocycles. The van der Waals surface area contributed by atoms with Crippen LogP contribution in [0.4, 0.5) is 0 Å². The molecule has 1 rings (SSSR count). The standard InChI is InChI=1S/C12H18N2O2.ClH/c1-9(13)6-12(15)14-8-10-4-3-5-11(7-10)16-2;/h3-5,7,9H,6,8,13H2,1-2H3,(H,14,15);1H. The van der Waals surface area contributed by atoms with Crippen LogP contribution in [0.3, 0.4) is 0 Å². The van der Waals surface area contributed by atoms with Gasteiger partial charge >= 0.3 is 0 Å². The lowest BCUT2D eigenvalue weighted by molar-refractivity contribution is -0.121. The summed E-state index contributed by atoms with van der Waals surface area (Å²) >= 11 is 0. The molecule has 0 aromatic heterocycles. The number of benzene rings is 1. The predicted molar refractivity (Wildman–Crippen MR) is 70.4 cm³/mol. The van der Waals surface area contributed by atoms with E-state index < -0.39 is 0 Å². The highest BCUT2D eigenvalue weighted by molar-refractivity contribution is 5.85. The second-order valence-corrected chi connectivity index (χ2v) is 3.81. The number of nitrogens with one attached hydrogen (secondary N) is 1. The molecule has 0 aliphatic carbocycles. The molecule has 1 unspecified atom stereocenters. The second-order valence-electron chi connectivity index (χ2n) is 3.81. The molecule has 5 heteroatoms. The van der Waals surface area contributed by atoms with Crippen molar-refractivity contribution in [2.24, 2.45) is 5.73 Å². The van der Waals surface area contributed by atoms with E-state index in [-0.39, 0.29) is 24.4 Å². The minimum atomic E-state index is -0.106. The molecule has 4 nitrogen and oxygen atoms in total. The first-order chi connectivity index (χ1) is 7.61. The zero-order valence-electron chi connectivity index (χ0n) is 10.1. The van der Waals surface area contributed by atoms with Crippen LogP contribution >= 0.6 is 12.4 Å². The van der Waals surface area contributed by atoms with Crippen molar-refractivity contribution in [2.75, 3.05) is 7.11 Å². The van der Waals surface area contributed by atoms with Gasteiger partial charge in [-0.1, -0.05) is 12.1 Å². The molecule has 0 aliphatic rings. The van der Waals surface area contributed by atoms with Crippen LogP contribution in [0.15, 0.2) is 24.3 Å². The fraction of sp³-hybridized carbons (Fsp3) is 0.417. The Balaban J connectivity index is 0.00000256. The van der Waals surface area contributed by atoms with Crippen LogP contribution in [0, 0.1) is 0 Å². The van der Waals surface area contributed by atoms with Gasteiger partial charge in [0.2, 0.25) is 5.91 Å². The number of halogens is 1. The van der Waals surface area contributed by atoms with E-state index in [4.69, 9.17) is 10.5 Å². The molecule has 1 amide bonds. The number of rotatable bonds is 5. The van der Waals surface area contributed by atoms with Crippen LogP contribution in [0.2, 0.25) is 0 Å². The number of nitrogens with two attached hydrogens (primary N) is 1. The fourth-order valence-electron chi connectivity index (χ4n) is 1.35. The number of methoxy groups -OCH3 is 1. The minimum Gasteiger partial charge on any atom is -0.497 e. The molecule has 0 aliphatic heterocycles. The molecule has 1 atom stereocenters. The normalized spacial score (nSPS) is 11.2. The average molecular weight is 259 g/mol. The van der Waals surface area contributed by atoms with Crippen molar-refractivity contribution in [2.45, 2.75) is 25.9 Å². The van der Waals surface area contributed by atoms with E-state index in [1.165, 1.54) is 0 Å². The third-order valence-electron chi connectivity index (χ3n) is 2.13. The van der Waals surface area contributed by atoms with Gasteiger partial charge in [-0.15, -0.1) is 12.4 Å². The fourth-order valence-corrected chi connectivity index (χ4v) is 1.35. The van der Waals surface area contributed by atoms with Crippen LogP contribution in [-0.4, -0.2) is 19.1 Å². The number of hydrogen-bond acceptors (Lipinski definition) is 3. The summed E-state index contributed by atoms with van der Waals surface area (Å²) in [6, 6.07) is 7.49. The summed E-state index contributed by atoms with van der Waals surface area (Å²) in [7, 11) is 1.62. The maximum Gasteiger partial charge on any atom is 0.221 e. The second kappa shape index (κ2) is 7.92. The molecule has 0 saturated heterocycles. The van der Waals surface area contributed by atoms with Gasteiger partial charge in [-0.2, -0.15) is 0 Å². The number of amides is 1. The topological polar surface area (TPSA) is 64.3 Å². The van der Waals surface area contributed by atoms with Crippen molar-refractivity contribution in [1.82, 2.24) is 5.32 Å². The predicted octanol–water partition coefficient (Wildman–Crippen LogP) is 1.47. The maximum atomic E-state index is 11.4. The lowest BCUT2D eigenvalue weighted by Crippen LogP contribution is -2.29. The number of ether oxygens (including phenoxy) is 1. The third-order valence-corrected chi connectivity index (χ3v) is 2.13. The largest absolute Gasteiger partial charge is 0.497 e. The molecule has 0 spiro atoms. The summed E-state index contributed by atoms with van der Waals surface area (Å²) in [6.07, 6.45) is 0.351. The highest BCUT2D eigenvalue weighted by atomic mass is 35.5. The van der Waals surface area contributed by atoms with Crippen LogP contribution < -0.4 is 15.8 Å². The van der Waals surface area contributed by atoms with Crippen LogP contribution in [0.5, 0.6) is 5.75 Å². The van der Waals surface area contributed by atoms with Crippen molar-refractivity contribution in [3.8, 4) is 5.75 Å².